The predicted octanol–water partition coefficient (Wildman–Crippen LogP) is 3.13. The minimum Gasteiger partial charge on any atom is -0.381 e. The van der Waals surface area contributed by atoms with Crippen LogP contribution in [0.15, 0.2) is 5.11 Å². The van der Waals surface area contributed by atoms with Gasteiger partial charge >= 0.3 is 0 Å². The molecule has 1 fully saturated rings. The van der Waals surface area contributed by atoms with E-state index in [4.69, 9.17) is 5.53 Å². The molecule has 0 radical (unpaired) electrons. The van der Waals surface area contributed by atoms with Crippen molar-refractivity contribution in [2.24, 2.45) is 5.11 Å². The Morgan fingerprint density at radius 2 is 2.11 bits per heavy atom. The van der Waals surface area contributed by atoms with Crippen LogP contribution >= 0.6 is 0 Å². The van der Waals surface area contributed by atoms with Gasteiger partial charge in [0.25, 0.3) is 0 Å². The minimum atomic E-state index is 0.213. The fourth-order valence-corrected chi connectivity index (χ4v) is 2.78. The highest BCUT2D eigenvalue weighted by atomic mass is 15.2. The summed E-state index contributed by atoms with van der Waals surface area (Å²) in [6, 6.07) is 0.474. The van der Waals surface area contributed by atoms with Gasteiger partial charge in [-0.1, -0.05) is 12.8 Å². The zero-order valence-corrected chi connectivity index (χ0v) is 10.8. The summed E-state index contributed by atoms with van der Waals surface area (Å²) in [7, 11) is 0. The smallest absolute Gasteiger partial charge is 0.218 e. The van der Waals surface area contributed by atoms with E-state index in [-0.39, 0.29) is 5.95 Å². The molecule has 1 saturated carbocycles. The van der Waals surface area contributed by atoms with E-state index in [0.717, 1.165) is 36.6 Å². The number of rotatable bonds is 3. The summed E-state index contributed by atoms with van der Waals surface area (Å²) in [4.78, 5) is 11.4. The van der Waals surface area contributed by atoms with Crippen molar-refractivity contribution in [3.8, 4) is 0 Å². The molecular weight excluding hydrogens is 242 g/mol. The number of aromatic nitrogens is 2. The largest absolute Gasteiger partial charge is 0.381 e. The van der Waals surface area contributed by atoms with Gasteiger partial charge in [-0.3, -0.25) is 0 Å². The van der Waals surface area contributed by atoms with E-state index in [1.54, 1.807) is 0 Å². The third-order valence-corrected chi connectivity index (χ3v) is 3.69. The normalized spacial score (nSPS) is 18.3. The van der Waals surface area contributed by atoms with E-state index in [9.17, 15) is 0 Å². The third kappa shape index (κ3) is 2.56. The lowest BCUT2D eigenvalue weighted by Gasteiger charge is -2.22. The summed E-state index contributed by atoms with van der Waals surface area (Å²) in [5, 5.41) is 10.4. The molecule has 2 N–H and O–H groups in total. The predicted molar refractivity (Wildman–Crippen MR) is 73.5 cm³/mol. The summed E-state index contributed by atoms with van der Waals surface area (Å²) >= 11 is 0. The maximum absolute atomic E-state index is 8.54. The lowest BCUT2D eigenvalue weighted by atomic mass is 10.1. The van der Waals surface area contributed by atoms with Crippen LogP contribution in [-0.4, -0.2) is 22.6 Å². The van der Waals surface area contributed by atoms with Crippen LogP contribution < -0.4 is 10.6 Å². The van der Waals surface area contributed by atoms with Gasteiger partial charge in [0.2, 0.25) is 5.95 Å². The molecule has 3 rings (SSSR count). The lowest BCUT2D eigenvalue weighted by Crippen LogP contribution is -2.21. The Labute approximate surface area is 111 Å². The van der Waals surface area contributed by atoms with Gasteiger partial charge in [0.15, 0.2) is 5.82 Å². The maximum Gasteiger partial charge on any atom is 0.218 e. The molecule has 0 amide bonds. The van der Waals surface area contributed by atoms with Crippen LogP contribution in [0, 0.1) is 0 Å². The molecule has 7 nitrogen and oxygen atoms in total. The first-order valence-electron chi connectivity index (χ1n) is 6.83. The standard InChI is InChI=1S/C12H17N7/c13-19-18-12-16-9-6-3-7-14-10(9)11(17-12)15-8-4-1-2-5-8/h8,14H,1-7H2,(H,15,16,17). The van der Waals surface area contributed by atoms with Crippen LogP contribution in [0.4, 0.5) is 17.5 Å². The molecular formula is C12H17N7. The van der Waals surface area contributed by atoms with Crippen LogP contribution in [0.2, 0.25) is 0 Å². The Kier molecular flexibility index (Phi) is 3.37. The van der Waals surface area contributed by atoms with Crippen LogP contribution in [-0.2, 0) is 6.42 Å². The highest BCUT2D eigenvalue weighted by Gasteiger charge is 2.21. The molecule has 0 atom stereocenters. The molecule has 2 heterocycles. The first-order valence-corrected chi connectivity index (χ1v) is 6.83. The van der Waals surface area contributed by atoms with Gasteiger partial charge in [-0.2, -0.15) is 0 Å². The number of aryl methyl sites for hydroxylation is 1. The van der Waals surface area contributed by atoms with Crippen LogP contribution in [0.5, 0.6) is 0 Å². The molecule has 2 aliphatic rings. The number of nitrogens with one attached hydrogen (secondary N) is 2. The fourth-order valence-electron chi connectivity index (χ4n) is 2.78. The van der Waals surface area contributed by atoms with Gasteiger partial charge in [0, 0.05) is 17.5 Å². The second kappa shape index (κ2) is 5.32. The fraction of sp³-hybridized carbons (Fsp3) is 0.667. The van der Waals surface area contributed by atoms with Gasteiger partial charge < -0.3 is 10.6 Å². The Hall–Kier alpha value is -2.01. The van der Waals surface area contributed by atoms with Crippen molar-refractivity contribution in [1.29, 1.82) is 0 Å². The van der Waals surface area contributed by atoms with Gasteiger partial charge in [-0.25, -0.2) is 9.97 Å². The van der Waals surface area contributed by atoms with Crippen molar-refractivity contribution in [2.75, 3.05) is 17.2 Å². The topological polar surface area (TPSA) is 98.6 Å². The molecule has 1 aromatic rings. The number of hydrogen-bond donors (Lipinski definition) is 2. The van der Waals surface area contributed by atoms with E-state index in [1.807, 2.05) is 0 Å². The first kappa shape index (κ1) is 12.0. The molecule has 0 spiro atoms. The maximum atomic E-state index is 8.54. The molecule has 19 heavy (non-hydrogen) atoms. The molecule has 100 valence electrons. The van der Waals surface area contributed by atoms with Crippen molar-refractivity contribution in [1.82, 2.24) is 9.97 Å². The zero-order chi connectivity index (χ0) is 13.1. The number of fused-ring (bicyclic) bond motifs is 1. The minimum absolute atomic E-state index is 0.213. The zero-order valence-electron chi connectivity index (χ0n) is 10.8. The van der Waals surface area contributed by atoms with Gasteiger partial charge in [-0.05, 0) is 36.3 Å². The number of hydrogen-bond acceptors (Lipinski definition) is 5. The molecule has 0 unspecified atom stereocenters. The second-order valence-corrected chi connectivity index (χ2v) is 5.04. The van der Waals surface area contributed by atoms with E-state index >= 15 is 0 Å². The highest BCUT2D eigenvalue weighted by Crippen LogP contribution is 2.32. The van der Waals surface area contributed by atoms with Crippen LogP contribution in [0.3, 0.4) is 0 Å². The molecule has 0 bridgehead atoms. The highest BCUT2D eigenvalue weighted by molar-refractivity contribution is 5.69. The van der Waals surface area contributed by atoms with Gasteiger partial charge in [0.05, 0.1) is 11.4 Å². The SMILES string of the molecule is [N-]=[N+]=Nc1nc2c(c(NC3CCCC3)n1)NCCC2. The van der Waals surface area contributed by atoms with Crippen LogP contribution in [0.1, 0.15) is 37.8 Å². The molecule has 1 aliphatic carbocycles. The first-order chi connectivity index (χ1) is 9.36. The molecule has 0 saturated heterocycles. The van der Waals surface area contributed by atoms with Crippen molar-refractivity contribution >= 4 is 17.5 Å². The van der Waals surface area contributed by atoms with E-state index in [1.165, 1.54) is 25.7 Å². The number of anilines is 2. The Balaban J connectivity index is 1.94. The Bertz CT molecular complexity index is 515. The summed E-state index contributed by atoms with van der Waals surface area (Å²) in [6.07, 6.45) is 6.83. The third-order valence-electron chi connectivity index (χ3n) is 3.69. The van der Waals surface area contributed by atoms with Crippen molar-refractivity contribution in [2.45, 2.75) is 44.6 Å². The van der Waals surface area contributed by atoms with Crippen LogP contribution in [0.25, 0.3) is 10.4 Å². The summed E-state index contributed by atoms with van der Waals surface area (Å²) < 4.78 is 0. The van der Waals surface area contributed by atoms with Crippen molar-refractivity contribution in [3.63, 3.8) is 0 Å². The monoisotopic (exact) mass is 259 g/mol. The Morgan fingerprint density at radius 3 is 2.89 bits per heavy atom. The van der Waals surface area contributed by atoms with Crippen molar-refractivity contribution < 1.29 is 0 Å². The number of nitrogens with zero attached hydrogens (tertiary/aromatic N) is 5. The molecule has 1 aromatic heterocycles. The average molecular weight is 259 g/mol. The molecule has 0 aromatic carbocycles. The van der Waals surface area contributed by atoms with Gasteiger partial charge in [-0.15, -0.1) is 0 Å². The average Bonchev–Trinajstić information content (AvgIpc) is 2.92. The van der Waals surface area contributed by atoms with Gasteiger partial charge in [0.1, 0.15) is 0 Å². The summed E-state index contributed by atoms with van der Waals surface area (Å²) in [5.74, 6) is 1.00. The molecule has 7 heteroatoms. The van der Waals surface area contributed by atoms with E-state index in [0.29, 0.717) is 6.04 Å². The van der Waals surface area contributed by atoms with E-state index in [2.05, 4.69) is 30.6 Å². The Morgan fingerprint density at radius 1 is 1.26 bits per heavy atom. The van der Waals surface area contributed by atoms with Crippen molar-refractivity contribution in [3.05, 3.63) is 16.1 Å². The summed E-state index contributed by atoms with van der Waals surface area (Å²) in [5.41, 5.74) is 10.5. The summed E-state index contributed by atoms with van der Waals surface area (Å²) in [6.45, 7) is 0.941. The number of azide groups is 1. The second-order valence-electron chi connectivity index (χ2n) is 5.04. The van der Waals surface area contributed by atoms with E-state index < -0.39 is 0 Å². The quantitative estimate of drug-likeness (QED) is 0.495. The molecule has 1 aliphatic heterocycles. The lowest BCUT2D eigenvalue weighted by molar-refractivity contribution is 0.742.